The molecule has 1 rings (SSSR count). The number of hydrogen-bond acceptors (Lipinski definition) is 3. The molecule has 0 saturated carbocycles. The Hall–Kier alpha value is -0.740. The van der Waals surface area contributed by atoms with Crippen LogP contribution in [0.3, 0.4) is 0 Å². The van der Waals surface area contributed by atoms with E-state index in [0.29, 0.717) is 12.3 Å². The first-order chi connectivity index (χ1) is 5.74. The molecule has 3 nitrogen and oxygen atoms in total. The fourth-order valence-electron chi connectivity index (χ4n) is 1.01. The third-order valence-corrected chi connectivity index (χ3v) is 2.25. The van der Waals surface area contributed by atoms with Gasteiger partial charge >= 0.3 is 0 Å². The number of nitrogens with two attached hydrogens (primary N) is 1. The molecule has 0 radical (unpaired) electrons. The van der Waals surface area contributed by atoms with E-state index in [1.165, 1.54) is 0 Å². The van der Waals surface area contributed by atoms with Crippen LogP contribution < -0.4 is 5.73 Å². The molecule has 0 bridgehead atoms. The van der Waals surface area contributed by atoms with Crippen molar-refractivity contribution in [2.45, 2.75) is 12.3 Å². The van der Waals surface area contributed by atoms with E-state index < -0.39 is 10.8 Å². The minimum atomic E-state index is -0.824. The summed E-state index contributed by atoms with van der Waals surface area (Å²) in [4.78, 5) is 4.09. The van der Waals surface area contributed by atoms with Gasteiger partial charge in [0.25, 0.3) is 0 Å². The maximum absolute atomic E-state index is 10.9. The molecule has 0 spiro atoms. The van der Waals surface area contributed by atoms with Gasteiger partial charge in [-0.15, -0.1) is 0 Å². The predicted molar refractivity (Wildman–Crippen MR) is 49.9 cm³/mol. The maximum Gasteiger partial charge on any atom is 0.0580 e. The lowest BCUT2D eigenvalue weighted by Gasteiger charge is -2.03. The zero-order valence-corrected chi connectivity index (χ0v) is 7.80. The van der Waals surface area contributed by atoms with Crippen molar-refractivity contribution in [1.82, 2.24) is 4.98 Å². The zero-order chi connectivity index (χ0) is 8.97. The first-order valence-electron chi connectivity index (χ1n) is 3.67. The van der Waals surface area contributed by atoms with Crippen molar-refractivity contribution in [3.63, 3.8) is 0 Å². The average molecular weight is 184 g/mol. The van der Waals surface area contributed by atoms with Crippen molar-refractivity contribution >= 4 is 10.8 Å². The van der Waals surface area contributed by atoms with E-state index in [1.807, 2.05) is 12.1 Å². The van der Waals surface area contributed by atoms with Crippen molar-refractivity contribution in [1.29, 1.82) is 0 Å². The van der Waals surface area contributed by atoms with Crippen molar-refractivity contribution in [3.8, 4) is 0 Å². The first kappa shape index (κ1) is 9.35. The lowest BCUT2D eigenvalue weighted by molar-refractivity contribution is 0.686. The smallest absolute Gasteiger partial charge is 0.0580 e. The van der Waals surface area contributed by atoms with Gasteiger partial charge in [0.2, 0.25) is 0 Å². The molecule has 12 heavy (non-hydrogen) atoms. The van der Waals surface area contributed by atoms with Gasteiger partial charge in [0.15, 0.2) is 0 Å². The summed E-state index contributed by atoms with van der Waals surface area (Å²) in [5.41, 5.74) is 7.29. The highest BCUT2D eigenvalue weighted by molar-refractivity contribution is 7.83. The van der Waals surface area contributed by atoms with Crippen molar-refractivity contribution < 1.29 is 4.21 Å². The number of rotatable bonds is 3. The lowest BCUT2D eigenvalue weighted by atomic mass is 10.2. The normalized spacial score (nSPS) is 12.8. The second-order valence-corrected chi connectivity index (χ2v) is 3.97. The summed E-state index contributed by atoms with van der Waals surface area (Å²) >= 11 is 0. The number of nitrogens with zero attached hydrogens (tertiary/aromatic N) is 1. The molecule has 1 unspecified atom stereocenters. The Labute approximate surface area is 74.5 Å². The van der Waals surface area contributed by atoms with E-state index in [9.17, 15) is 4.21 Å². The van der Waals surface area contributed by atoms with Crippen LogP contribution in [0.5, 0.6) is 0 Å². The van der Waals surface area contributed by atoms with Gasteiger partial charge in [-0.1, -0.05) is 6.07 Å². The highest BCUT2D eigenvalue weighted by Gasteiger charge is 2.02. The molecule has 1 aromatic rings. The zero-order valence-electron chi connectivity index (χ0n) is 6.99. The SMILES string of the molecule is CS(=O)Cc1cccnc1CN. The van der Waals surface area contributed by atoms with Crippen molar-refractivity contribution in [2.24, 2.45) is 5.73 Å². The molecule has 2 N–H and O–H groups in total. The highest BCUT2D eigenvalue weighted by atomic mass is 32.2. The van der Waals surface area contributed by atoms with Gasteiger partial charge in [-0.3, -0.25) is 9.19 Å². The Morgan fingerprint density at radius 3 is 3.00 bits per heavy atom. The van der Waals surface area contributed by atoms with Gasteiger partial charge in [-0.2, -0.15) is 0 Å². The first-order valence-corrected chi connectivity index (χ1v) is 5.39. The van der Waals surface area contributed by atoms with E-state index in [-0.39, 0.29) is 0 Å². The predicted octanol–water partition coefficient (Wildman–Crippen LogP) is 0.419. The molecular formula is C8H12N2OS. The maximum atomic E-state index is 10.9. The largest absolute Gasteiger partial charge is 0.325 e. The Kier molecular flexibility index (Phi) is 3.37. The van der Waals surface area contributed by atoms with Gasteiger partial charge in [-0.05, 0) is 11.6 Å². The fraction of sp³-hybridized carbons (Fsp3) is 0.375. The molecule has 0 fully saturated rings. The molecule has 0 aromatic carbocycles. The Balaban J connectivity index is 2.89. The molecule has 4 heteroatoms. The molecule has 0 aliphatic carbocycles. The fourth-order valence-corrected chi connectivity index (χ4v) is 1.71. The minimum absolute atomic E-state index is 0.410. The Bertz CT molecular complexity index is 288. The summed E-state index contributed by atoms with van der Waals surface area (Å²) < 4.78 is 10.9. The van der Waals surface area contributed by atoms with Gasteiger partial charge < -0.3 is 5.73 Å². The van der Waals surface area contributed by atoms with Crippen LogP contribution in [-0.4, -0.2) is 15.4 Å². The van der Waals surface area contributed by atoms with Crippen LogP contribution in [0.4, 0.5) is 0 Å². The minimum Gasteiger partial charge on any atom is -0.325 e. The van der Waals surface area contributed by atoms with E-state index in [2.05, 4.69) is 4.98 Å². The molecule has 0 aliphatic rings. The van der Waals surface area contributed by atoms with Crippen LogP contribution in [-0.2, 0) is 23.1 Å². The van der Waals surface area contributed by atoms with Crippen molar-refractivity contribution in [2.75, 3.05) is 6.26 Å². The molecule has 1 heterocycles. The van der Waals surface area contributed by atoms with Gasteiger partial charge in [0.05, 0.1) is 11.4 Å². The summed E-state index contributed by atoms with van der Waals surface area (Å²) in [5, 5.41) is 0. The molecule has 0 saturated heterocycles. The number of aromatic nitrogens is 1. The van der Waals surface area contributed by atoms with Gasteiger partial charge in [0, 0.05) is 29.8 Å². The molecule has 1 aromatic heterocycles. The monoisotopic (exact) mass is 184 g/mol. The second kappa shape index (κ2) is 4.33. The standard InChI is InChI=1S/C8H12N2OS/c1-12(11)6-7-3-2-4-10-8(7)5-9/h2-4H,5-6,9H2,1H3. The van der Waals surface area contributed by atoms with E-state index in [4.69, 9.17) is 5.73 Å². The van der Waals surface area contributed by atoms with Crippen LogP contribution in [0, 0.1) is 0 Å². The summed E-state index contributed by atoms with van der Waals surface area (Å²) in [6.45, 7) is 0.410. The van der Waals surface area contributed by atoms with Crippen LogP contribution in [0.1, 0.15) is 11.3 Å². The topological polar surface area (TPSA) is 56.0 Å². The molecule has 66 valence electrons. The number of pyridine rings is 1. The van der Waals surface area contributed by atoms with Gasteiger partial charge in [0.1, 0.15) is 0 Å². The van der Waals surface area contributed by atoms with Crippen molar-refractivity contribution in [3.05, 3.63) is 29.6 Å². The summed E-state index contributed by atoms with van der Waals surface area (Å²) in [5.74, 6) is 0.542. The lowest BCUT2D eigenvalue weighted by Crippen LogP contribution is -2.05. The quantitative estimate of drug-likeness (QED) is 0.740. The Morgan fingerprint density at radius 1 is 1.67 bits per heavy atom. The van der Waals surface area contributed by atoms with Gasteiger partial charge in [-0.25, -0.2) is 0 Å². The second-order valence-electron chi connectivity index (χ2n) is 2.53. The average Bonchev–Trinajstić information content (AvgIpc) is 2.04. The highest BCUT2D eigenvalue weighted by Crippen LogP contribution is 2.06. The third kappa shape index (κ3) is 2.39. The molecule has 0 amide bonds. The summed E-state index contributed by atoms with van der Waals surface area (Å²) in [7, 11) is -0.824. The van der Waals surface area contributed by atoms with Crippen LogP contribution in [0.2, 0.25) is 0 Å². The molecular weight excluding hydrogens is 172 g/mol. The number of hydrogen-bond donors (Lipinski definition) is 1. The molecule has 1 atom stereocenters. The van der Waals surface area contributed by atoms with Crippen LogP contribution >= 0.6 is 0 Å². The third-order valence-electron chi connectivity index (χ3n) is 1.54. The van der Waals surface area contributed by atoms with Crippen LogP contribution in [0.25, 0.3) is 0 Å². The summed E-state index contributed by atoms with van der Waals surface area (Å²) in [6, 6.07) is 3.75. The van der Waals surface area contributed by atoms with E-state index in [0.717, 1.165) is 11.3 Å². The van der Waals surface area contributed by atoms with E-state index >= 15 is 0 Å². The van der Waals surface area contributed by atoms with E-state index in [1.54, 1.807) is 12.5 Å². The Morgan fingerprint density at radius 2 is 2.42 bits per heavy atom. The summed E-state index contributed by atoms with van der Waals surface area (Å²) in [6.07, 6.45) is 3.37. The van der Waals surface area contributed by atoms with Crippen LogP contribution in [0.15, 0.2) is 18.3 Å². The molecule has 0 aliphatic heterocycles.